The number of ketones is 1. The van der Waals surface area contributed by atoms with Crippen molar-refractivity contribution in [2.24, 2.45) is 0 Å². The molecule has 0 unspecified atom stereocenters. The highest BCUT2D eigenvalue weighted by Gasteiger charge is 2.07. The van der Waals surface area contributed by atoms with E-state index in [0.29, 0.717) is 12.3 Å². The van der Waals surface area contributed by atoms with Gasteiger partial charge in [-0.15, -0.1) is 11.6 Å². The lowest BCUT2D eigenvalue weighted by atomic mass is 10.0. The van der Waals surface area contributed by atoms with Crippen molar-refractivity contribution in [2.45, 2.75) is 13.3 Å². The molecule has 1 aromatic rings. The Morgan fingerprint density at radius 1 is 1.54 bits per heavy atom. The number of alkyl halides is 1. The van der Waals surface area contributed by atoms with Crippen LogP contribution in [0, 0.1) is 6.92 Å². The summed E-state index contributed by atoms with van der Waals surface area (Å²) in [6, 6.07) is 5.63. The van der Waals surface area contributed by atoms with Crippen molar-refractivity contribution in [3.05, 3.63) is 33.8 Å². The average Bonchev–Trinajstić information content (AvgIpc) is 2.04. The number of carbonyl (C=O) groups excluding carboxylic acids is 1. The molecule has 3 heteroatoms. The summed E-state index contributed by atoms with van der Waals surface area (Å²) in [5.41, 5.74) is 1.76. The van der Waals surface area contributed by atoms with E-state index >= 15 is 0 Å². The summed E-state index contributed by atoms with van der Waals surface area (Å²) >= 11 is 8.85. The van der Waals surface area contributed by atoms with E-state index in [1.165, 1.54) is 0 Å². The van der Waals surface area contributed by atoms with Crippen LogP contribution in [0.5, 0.6) is 0 Å². The molecule has 1 rings (SSSR count). The minimum absolute atomic E-state index is 0.111. The molecular formula is C10H10BrClO. The Kier molecular flexibility index (Phi) is 3.94. The molecule has 0 radical (unpaired) electrons. The van der Waals surface area contributed by atoms with Gasteiger partial charge in [-0.1, -0.05) is 22.0 Å². The maximum atomic E-state index is 11.5. The number of hydrogen-bond acceptors (Lipinski definition) is 1. The first-order valence-electron chi connectivity index (χ1n) is 4.00. The molecule has 0 aromatic heterocycles. The lowest BCUT2D eigenvalue weighted by Gasteiger charge is -2.03. The number of benzene rings is 1. The lowest BCUT2D eigenvalue weighted by molar-refractivity contribution is 0.0988. The lowest BCUT2D eigenvalue weighted by Crippen LogP contribution is -2.01. The van der Waals surface area contributed by atoms with Crippen LogP contribution in [0.4, 0.5) is 0 Å². The van der Waals surface area contributed by atoms with E-state index in [0.717, 1.165) is 15.6 Å². The zero-order chi connectivity index (χ0) is 9.84. The quantitative estimate of drug-likeness (QED) is 0.600. The third kappa shape index (κ3) is 2.82. The molecule has 0 fully saturated rings. The standard InChI is InChI=1S/C10H10BrClO/c1-7-6-8(11)2-3-9(7)10(13)4-5-12/h2-3,6H,4-5H2,1H3. The van der Waals surface area contributed by atoms with Gasteiger partial charge in [-0.2, -0.15) is 0 Å². The Morgan fingerprint density at radius 3 is 2.77 bits per heavy atom. The number of Topliss-reactive ketones (excluding diaryl/α,β-unsaturated/α-hetero) is 1. The molecule has 0 aliphatic heterocycles. The van der Waals surface area contributed by atoms with Gasteiger partial charge in [0.25, 0.3) is 0 Å². The zero-order valence-corrected chi connectivity index (χ0v) is 9.65. The monoisotopic (exact) mass is 260 g/mol. The molecule has 0 bridgehead atoms. The molecule has 0 aliphatic rings. The summed E-state index contributed by atoms with van der Waals surface area (Å²) in [6.45, 7) is 1.92. The molecule has 1 nitrogen and oxygen atoms in total. The topological polar surface area (TPSA) is 17.1 Å². The highest BCUT2D eigenvalue weighted by atomic mass is 79.9. The van der Waals surface area contributed by atoms with Gasteiger partial charge in [0.05, 0.1) is 0 Å². The van der Waals surface area contributed by atoms with Gasteiger partial charge in [-0.25, -0.2) is 0 Å². The molecule has 0 saturated heterocycles. The van der Waals surface area contributed by atoms with Gasteiger partial charge in [0.15, 0.2) is 5.78 Å². The van der Waals surface area contributed by atoms with Crippen LogP contribution < -0.4 is 0 Å². The first-order valence-corrected chi connectivity index (χ1v) is 5.33. The summed E-state index contributed by atoms with van der Waals surface area (Å²) < 4.78 is 0.993. The van der Waals surface area contributed by atoms with Crippen LogP contribution in [0.1, 0.15) is 22.3 Å². The van der Waals surface area contributed by atoms with Crippen LogP contribution in [0.15, 0.2) is 22.7 Å². The molecule has 0 atom stereocenters. The Bertz CT molecular complexity index is 323. The SMILES string of the molecule is Cc1cc(Br)ccc1C(=O)CCCl. The van der Waals surface area contributed by atoms with Gasteiger partial charge in [0.2, 0.25) is 0 Å². The highest BCUT2D eigenvalue weighted by molar-refractivity contribution is 9.10. The molecule has 0 saturated carbocycles. The van der Waals surface area contributed by atoms with Crippen molar-refractivity contribution in [1.29, 1.82) is 0 Å². The van der Waals surface area contributed by atoms with Gasteiger partial charge in [-0.3, -0.25) is 4.79 Å². The molecule has 0 N–H and O–H groups in total. The summed E-state index contributed by atoms with van der Waals surface area (Å²) in [4.78, 5) is 11.5. The van der Waals surface area contributed by atoms with Crippen molar-refractivity contribution in [3.8, 4) is 0 Å². The number of halogens is 2. The van der Waals surface area contributed by atoms with E-state index in [4.69, 9.17) is 11.6 Å². The number of carbonyl (C=O) groups is 1. The first kappa shape index (κ1) is 10.7. The maximum Gasteiger partial charge on any atom is 0.164 e. The van der Waals surface area contributed by atoms with Crippen LogP contribution in [0.25, 0.3) is 0 Å². The predicted molar refractivity (Wildman–Crippen MR) is 58.5 cm³/mol. The Labute approximate surface area is 91.2 Å². The molecule has 0 aliphatic carbocycles. The Balaban J connectivity index is 2.95. The first-order chi connectivity index (χ1) is 6.15. The summed E-state index contributed by atoms with van der Waals surface area (Å²) in [7, 11) is 0. The van der Waals surface area contributed by atoms with Crippen molar-refractivity contribution < 1.29 is 4.79 Å². The molecular weight excluding hydrogens is 251 g/mol. The van der Waals surface area contributed by atoms with Crippen LogP contribution >= 0.6 is 27.5 Å². The van der Waals surface area contributed by atoms with Gasteiger partial charge in [0, 0.05) is 22.3 Å². The second-order valence-electron chi connectivity index (χ2n) is 2.82. The Hall–Kier alpha value is -0.340. The van der Waals surface area contributed by atoms with E-state index < -0.39 is 0 Å². The molecule has 1 aromatic carbocycles. The molecule has 0 spiro atoms. The molecule has 0 amide bonds. The van der Waals surface area contributed by atoms with E-state index in [1.54, 1.807) is 0 Å². The third-order valence-electron chi connectivity index (χ3n) is 1.81. The predicted octanol–water partition coefficient (Wildman–Crippen LogP) is 3.57. The molecule has 13 heavy (non-hydrogen) atoms. The van der Waals surface area contributed by atoms with Crippen molar-refractivity contribution in [2.75, 3.05) is 5.88 Å². The fraction of sp³-hybridized carbons (Fsp3) is 0.300. The third-order valence-corrected chi connectivity index (χ3v) is 2.49. The smallest absolute Gasteiger partial charge is 0.164 e. The summed E-state index contributed by atoms with van der Waals surface area (Å²) in [6.07, 6.45) is 0.407. The van der Waals surface area contributed by atoms with Crippen molar-refractivity contribution in [1.82, 2.24) is 0 Å². The molecule has 0 heterocycles. The van der Waals surface area contributed by atoms with E-state index in [9.17, 15) is 4.79 Å². The van der Waals surface area contributed by atoms with E-state index in [1.807, 2.05) is 25.1 Å². The van der Waals surface area contributed by atoms with Crippen LogP contribution in [-0.4, -0.2) is 11.7 Å². The number of rotatable bonds is 3. The van der Waals surface area contributed by atoms with E-state index in [2.05, 4.69) is 15.9 Å². The second-order valence-corrected chi connectivity index (χ2v) is 4.12. The van der Waals surface area contributed by atoms with Crippen molar-refractivity contribution in [3.63, 3.8) is 0 Å². The highest BCUT2D eigenvalue weighted by Crippen LogP contribution is 2.17. The fourth-order valence-electron chi connectivity index (χ4n) is 1.16. The summed E-state index contributed by atoms with van der Waals surface area (Å²) in [5.74, 6) is 0.494. The van der Waals surface area contributed by atoms with Gasteiger partial charge < -0.3 is 0 Å². The van der Waals surface area contributed by atoms with Crippen LogP contribution in [0.2, 0.25) is 0 Å². The Morgan fingerprint density at radius 2 is 2.23 bits per heavy atom. The second kappa shape index (κ2) is 4.77. The largest absolute Gasteiger partial charge is 0.294 e. The fourth-order valence-corrected chi connectivity index (χ4v) is 1.81. The van der Waals surface area contributed by atoms with Crippen molar-refractivity contribution >= 4 is 33.3 Å². The van der Waals surface area contributed by atoms with Crippen LogP contribution in [0.3, 0.4) is 0 Å². The van der Waals surface area contributed by atoms with Crippen LogP contribution in [-0.2, 0) is 0 Å². The maximum absolute atomic E-state index is 11.5. The minimum Gasteiger partial charge on any atom is -0.294 e. The van der Waals surface area contributed by atoms with E-state index in [-0.39, 0.29) is 5.78 Å². The van der Waals surface area contributed by atoms with Gasteiger partial charge in [-0.05, 0) is 24.6 Å². The minimum atomic E-state index is 0.111. The normalized spacial score (nSPS) is 10.1. The molecule has 70 valence electrons. The van der Waals surface area contributed by atoms with Gasteiger partial charge >= 0.3 is 0 Å². The summed E-state index contributed by atoms with van der Waals surface area (Å²) in [5, 5.41) is 0. The van der Waals surface area contributed by atoms with Gasteiger partial charge in [0.1, 0.15) is 0 Å². The zero-order valence-electron chi connectivity index (χ0n) is 7.31. The average molecular weight is 262 g/mol. The number of aryl methyl sites for hydroxylation is 1. The number of hydrogen-bond donors (Lipinski definition) is 0.